The second-order valence-corrected chi connectivity index (χ2v) is 5.13. The van der Waals surface area contributed by atoms with Crippen molar-refractivity contribution in [1.82, 2.24) is 5.32 Å². The lowest BCUT2D eigenvalue weighted by Crippen LogP contribution is -2.34. The largest absolute Gasteiger partial charge is 0.375 e. The molecule has 2 atom stereocenters. The molecular weight excluding hydrogens is 250 g/mol. The van der Waals surface area contributed by atoms with Gasteiger partial charge >= 0.3 is 0 Å². The van der Waals surface area contributed by atoms with Crippen LogP contribution in [0.4, 0.5) is 0 Å². The number of carbonyl (C=O) groups excluding carboxylic acids is 1. The maximum atomic E-state index is 12.2. The minimum Gasteiger partial charge on any atom is -0.375 e. The molecule has 1 amide bonds. The summed E-state index contributed by atoms with van der Waals surface area (Å²) in [6, 6.07) is 9.99. The Hall–Kier alpha value is -1.35. The molecule has 3 nitrogen and oxygen atoms in total. The van der Waals surface area contributed by atoms with Crippen LogP contribution in [0.2, 0.25) is 0 Å². The van der Waals surface area contributed by atoms with Gasteiger partial charge in [0, 0.05) is 19.6 Å². The Morgan fingerprint density at radius 1 is 1.25 bits per heavy atom. The summed E-state index contributed by atoms with van der Waals surface area (Å²) in [5.41, 5.74) is 1.09. The van der Waals surface area contributed by atoms with Crippen LogP contribution in [0.25, 0.3) is 0 Å². The van der Waals surface area contributed by atoms with Gasteiger partial charge in [0.25, 0.3) is 0 Å². The molecule has 0 aliphatic heterocycles. The smallest absolute Gasteiger partial charge is 0.223 e. The van der Waals surface area contributed by atoms with Crippen LogP contribution >= 0.6 is 0 Å². The summed E-state index contributed by atoms with van der Waals surface area (Å²) in [5, 5.41) is 3.03. The van der Waals surface area contributed by atoms with Crippen molar-refractivity contribution in [3.8, 4) is 0 Å². The normalized spacial score (nSPS) is 13.8. The molecule has 1 aromatic carbocycles. The second kappa shape index (κ2) is 9.54. The first-order chi connectivity index (χ1) is 9.72. The van der Waals surface area contributed by atoms with Gasteiger partial charge in [0.05, 0.1) is 6.10 Å². The molecule has 0 saturated carbocycles. The van der Waals surface area contributed by atoms with Gasteiger partial charge in [0.2, 0.25) is 5.91 Å². The van der Waals surface area contributed by atoms with Gasteiger partial charge in [-0.05, 0) is 18.4 Å². The lowest BCUT2D eigenvalue weighted by molar-refractivity contribution is -0.125. The molecule has 0 aromatic heterocycles. The number of unbranched alkanes of at least 4 members (excludes halogenated alkanes) is 1. The van der Waals surface area contributed by atoms with Gasteiger partial charge < -0.3 is 10.1 Å². The molecule has 0 heterocycles. The molecule has 0 aliphatic rings. The third-order valence-electron chi connectivity index (χ3n) is 3.69. The molecule has 0 radical (unpaired) electrons. The van der Waals surface area contributed by atoms with E-state index in [1.54, 1.807) is 7.11 Å². The van der Waals surface area contributed by atoms with Crippen molar-refractivity contribution < 1.29 is 9.53 Å². The Labute approximate surface area is 122 Å². The van der Waals surface area contributed by atoms with Crippen LogP contribution in [0, 0.1) is 5.92 Å². The minimum atomic E-state index is -0.0798. The average Bonchev–Trinajstić information content (AvgIpc) is 2.49. The third-order valence-corrected chi connectivity index (χ3v) is 3.69. The number of ether oxygens (including phenoxy) is 1. The second-order valence-electron chi connectivity index (χ2n) is 5.13. The van der Waals surface area contributed by atoms with Gasteiger partial charge in [-0.25, -0.2) is 0 Å². The molecule has 112 valence electrons. The lowest BCUT2D eigenvalue weighted by Gasteiger charge is -2.19. The average molecular weight is 277 g/mol. The topological polar surface area (TPSA) is 38.3 Å². The number of amides is 1. The highest BCUT2D eigenvalue weighted by atomic mass is 16.5. The van der Waals surface area contributed by atoms with Crippen molar-refractivity contribution in [3.63, 3.8) is 0 Å². The van der Waals surface area contributed by atoms with E-state index in [-0.39, 0.29) is 17.9 Å². The van der Waals surface area contributed by atoms with E-state index in [1.807, 2.05) is 30.3 Å². The van der Waals surface area contributed by atoms with Crippen LogP contribution in [0.1, 0.15) is 51.2 Å². The Balaban J connectivity index is 2.49. The zero-order valence-corrected chi connectivity index (χ0v) is 12.9. The van der Waals surface area contributed by atoms with Crippen LogP contribution in [0.15, 0.2) is 30.3 Å². The van der Waals surface area contributed by atoms with Crippen molar-refractivity contribution >= 4 is 5.91 Å². The predicted molar refractivity (Wildman–Crippen MR) is 82.5 cm³/mol. The summed E-state index contributed by atoms with van der Waals surface area (Å²) >= 11 is 0. The molecule has 0 spiro atoms. The van der Waals surface area contributed by atoms with Gasteiger partial charge in [-0.2, -0.15) is 0 Å². The summed E-state index contributed by atoms with van der Waals surface area (Å²) in [5.74, 6) is 0.280. The SMILES string of the molecule is CCCCC(CC)C(=O)NCC(OC)c1ccccc1. The van der Waals surface area contributed by atoms with Crippen molar-refractivity contribution in [2.75, 3.05) is 13.7 Å². The molecular formula is C17H27NO2. The van der Waals surface area contributed by atoms with E-state index >= 15 is 0 Å². The standard InChI is InChI=1S/C17H27NO2/c1-4-6-10-14(5-2)17(19)18-13-16(20-3)15-11-8-7-9-12-15/h7-9,11-12,14,16H,4-6,10,13H2,1-3H3,(H,18,19). The zero-order valence-electron chi connectivity index (χ0n) is 12.9. The molecule has 2 unspecified atom stereocenters. The van der Waals surface area contributed by atoms with E-state index < -0.39 is 0 Å². The van der Waals surface area contributed by atoms with E-state index in [1.165, 1.54) is 0 Å². The Morgan fingerprint density at radius 3 is 2.50 bits per heavy atom. The Kier molecular flexibility index (Phi) is 7.97. The van der Waals surface area contributed by atoms with Crippen LogP contribution in [-0.2, 0) is 9.53 Å². The molecule has 3 heteroatoms. The highest BCUT2D eigenvalue weighted by Crippen LogP contribution is 2.16. The minimum absolute atomic E-state index is 0.0798. The molecule has 0 fully saturated rings. The first-order valence-electron chi connectivity index (χ1n) is 7.58. The third kappa shape index (κ3) is 5.33. The van der Waals surface area contributed by atoms with Crippen molar-refractivity contribution in [1.29, 1.82) is 0 Å². The molecule has 1 aromatic rings. The molecule has 1 N–H and O–H groups in total. The molecule has 20 heavy (non-hydrogen) atoms. The summed E-state index contributed by atoms with van der Waals surface area (Å²) in [6.07, 6.45) is 4.03. The van der Waals surface area contributed by atoms with Crippen molar-refractivity contribution in [2.45, 2.75) is 45.6 Å². The highest BCUT2D eigenvalue weighted by molar-refractivity contribution is 5.78. The van der Waals surface area contributed by atoms with E-state index in [4.69, 9.17) is 4.74 Å². The molecule has 0 saturated heterocycles. The first kappa shape index (κ1) is 16.7. The van der Waals surface area contributed by atoms with Crippen molar-refractivity contribution in [3.05, 3.63) is 35.9 Å². The van der Waals surface area contributed by atoms with Gasteiger partial charge in [-0.3, -0.25) is 4.79 Å². The summed E-state index contributed by atoms with van der Waals surface area (Å²) in [4.78, 5) is 12.2. The zero-order chi connectivity index (χ0) is 14.8. The van der Waals surface area contributed by atoms with Gasteiger partial charge in [0.1, 0.15) is 0 Å². The maximum absolute atomic E-state index is 12.2. The number of methoxy groups -OCH3 is 1. The molecule has 0 aliphatic carbocycles. The summed E-state index contributed by atoms with van der Waals surface area (Å²) in [7, 11) is 1.68. The quantitative estimate of drug-likeness (QED) is 0.747. The Bertz CT molecular complexity index is 378. The number of hydrogen-bond acceptors (Lipinski definition) is 2. The van der Waals surface area contributed by atoms with Gasteiger partial charge in [-0.1, -0.05) is 57.0 Å². The number of nitrogens with one attached hydrogen (secondary N) is 1. The van der Waals surface area contributed by atoms with E-state index in [2.05, 4.69) is 19.2 Å². The number of benzene rings is 1. The summed E-state index contributed by atoms with van der Waals surface area (Å²) in [6.45, 7) is 4.76. The lowest BCUT2D eigenvalue weighted by atomic mass is 9.98. The number of hydrogen-bond donors (Lipinski definition) is 1. The fraction of sp³-hybridized carbons (Fsp3) is 0.588. The van der Waals surface area contributed by atoms with Crippen molar-refractivity contribution in [2.24, 2.45) is 5.92 Å². The van der Waals surface area contributed by atoms with E-state index in [9.17, 15) is 4.79 Å². The highest BCUT2D eigenvalue weighted by Gasteiger charge is 2.17. The van der Waals surface area contributed by atoms with Gasteiger partial charge in [-0.15, -0.1) is 0 Å². The fourth-order valence-electron chi connectivity index (χ4n) is 2.31. The Morgan fingerprint density at radius 2 is 1.95 bits per heavy atom. The van der Waals surface area contributed by atoms with Gasteiger partial charge in [0.15, 0.2) is 0 Å². The van der Waals surface area contributed by atoms with Crippen LogP contribution in [0.5, 0.6) is 0 Å². The first-order valence-corrected chi connectivity index (χ1v) is 7.58. The maximum Gasteiger partial charge on any atom is 0.223 e. The van der Waals surface area contributed by atoms with Crippen LogP contribution in [0.3, 0.4) is 0 Å². The summed E-state index contributed by atoms with van der Waals surface area (Å²) < 4.78 is 5.47. The van der Waals surface area contributed by atoms with E-state index in [0.717, 1.165) is 31.2 Å². The number of rotatable bonds is 9. The van der Waals surface area contributed by atoms with E-state index in [0.29, 0.717) is 6.54 Å². The van der Waals surface area contributed by atoms with Crippen LogP contribution < -0.4 is 5.32 Å². The molecule has 0 bridgehead atoms. The molecule has 1 rings (SSSR count). The monoisotopic (exact) mass is 277 g/mol. The fourth-order valence-corrected chi connectivity index (χ4v) is 2.31. The number of carbonyl (C=O) groups is 1. The van der Waals surface area contributed by atoms with Crippen LogP contribution in [-0.4, -0.2) is 19.6 Å². The predicted octanol–water partition coefficient (Wildman–Crippen LogP) is 3.71.